The van der Waals surface area contributed by atoms with Crippen molar-refractivity contribution in [2.75, 3.05) is 48.3 Å². The predicted octanol–water partition coefficient (Wildman–Crippen LogP) is 5.78. The molecule has 1 saturated heterocycles. The van der Waals surface area contributed by atoms with Crippen molar-refractivity contribution in [3.8, 4) is 22.4 Å². The van der Waals surface area contributed by atoms with Crippen LogP contribution in [0, 0.1) is 0 Å². The van der Waals surface area contributed by atoms with Crippen LogP contribution in [0.15, 0.2) is 79.0 Å². The fourth-order valence-electron chi connectivity index (χ4n) is 4.53. The van der Waals surface area contributed by atoms with Crippen LogP contribution in [0.4, 0.5) is 17.1 Å². The molecule has 1 aromatic heterocycles. The summed E-state index contributed by atoms with van der Waals surface area (Å²) in [7, 11) is 3.94. The molecule has 0 atom stereocenters. The highest BCUT2D eigenvalue weighted by Gasteiger charge is 2.19. The summed E-state index contributed by atoms with van der Waals surface area (Å²) in [6.45, 7) is 4.00. The van der Waals surface area contributed by atoms with Crippen LogP contribution < -0.4 is 15.1 Å². The first-order valence-corrected chi connectivity index (χ1v) is 11.7. The van der Waals surface area contributed by atoms with Gasteiger partial charge in [0, 0.05) is 73.5 Å². The molecule has 0 bridgehead atoms. The molecule has 5 nitrogen and oxygen atoms in total. The third-order valence-corrected chi connectivity index (χ3v) is 6.63. The van der Waals surface area contributed by atoms with Crippen LogP contribution in [0.25, 0.3) is 22.4 Å². The van der Waals surface area contributed by atoms with Crippen molar-refractivity contribution in [1.29, 1.82) is 0 Å². The molecule has 5 rings (SSSR count). The van der Waals surface area contributed by atoms with Gasteiger partial charge in [0.05, 0.1) is 11.9 Å². The van der Waals surface area contributed by atoms with Crippen LogP contribution in [0.5, 0.6) is 0 Å². The number of anilines is 3. The van der Waals surface area contributed by atoms with Gasteiger partial charge in [-0.3, -0.25) is 4.68 Å². The SMILES string of the molecule is CNc1ccc(N2CCN(c3cccc(-c4cnn(C)c4-c4ccc(Cl)cc4)c3)CC2)cc1. The maximum atomic E-state index is 6.11. The van der Waals surface area contributed by atoms with Gasteiger partial charge in [0.2, 0.25) is 0 Å². The number of nitrogens with one attached hydrogen (secondary N) is 1. The van der Waals surface area contributed by atoms with Gasteiger partial charge < -0.3 is 15.1 Å². The van der Waals surface area contributed by atoms with E-state index in [9.17, 15) is 0 Å². The Balaban J connectivity index is 1.35. The second-order valence-corrected chi connectivity index (χ2v) is 8.80. The highest BCUT2D eigenvalue weighted by Crippen LogP contribution is 2.34. The number of hydrogen-bond acceptors (Lipinski definition) is 4. The summed E-state index contributed by atoms with van der Waals surface area (Å²) in [4.78, 5) is 4.93. The van der Waals surface area contributed by atoms with Gasteiger partial charge in [-0.25, -0.2) is 0 Å². The molecule has 4 aromatic rings. The average molecular weight is 458 g/mol. The number of halogens is 1. The molecule has 168 valence electrons. The minimum absolute atomic E-state index is 0.738. The molecule has 0 radical (unpaired) electrons. The summed E-state index contributed by atoms with van der Waals surface area (Å²) in [5, 5.41) is 8.47. The first-order chi connectivity index (χ1) is 16.1. The third-order valence-electron chi connectivity index (χ3n) is 6.38. The van der Waals surface area contributed by atoms with Crippen molar-refractivity contribution in [2.24, 2.45) is 7.05 Å². The molecule has 2 heterocycles. The lowest BCUT2D eigenvalue weighted by atomic mass is 10.0. The number of hydrogen-bond donors (Lipinski definition) is 1. The summed E-state index contributed by atoms with van der Waals surface area (Å²) < 4.78 is 1.93. The molecule has 1 aliphatic heterocycles. The molecule has 0 amide bonds. The topological polar surface area (TPSA) is 36.3 Å². The lowest BCUT2D eigenvalue weighted by Gasteiger charge is -2.37. The van der Waals surface area contributed by atoms with Gasteiger partial charge in [0.25, 0.3) is 0 Å². The molecule has 1 N–H and O–H groups in total. The van der Waals surface area contributed by atoms with Gasteiger partial charge in [-0.15, -0.1) is 0 Å². The van der Waals surface area contributed by atoms with Crippen molar-refractivity contribution >= 4 is 28.7 Å². The van der Waals surface area contributed by atoms with Crippen LogP contribution in [-0.4, -0.2) is 43.0 Å². The zero-order chi connectivity index (χ0) is 22.8. The van der Waals surface area contributed by atoms with Gasteiger partial charge in [-0.2, -0.15) is 5.10 Å². The second-order valence-electron chi connectivity index (χ2n) is 8.36. The van der Waals surface area contributed by atoms with Gasteiger partial charge in [0.15, 0.2) is 0 Å². The van der Waals surface area contributed by atoms with Gasteiger partial charge in [-0.05, 0) is 54.1 Å². The van der Waals surface area contributed by atoms with E-state index in [-0.39, 0.29) is 0 Å². The Morgan fingerprint density at radius 2 is 1.45 bits per heavy atom. The minimum Gasteiger partial charge on any atom is -0.388 e. The fourth-order valence-corrected chi connectivity index (χ4v) is 4.66. The summed E-state index contributed by atoms with van der Waals surface area (Å²) in [5.74, 6) is 0. The number of piperazine rings is 1. The molecule has 33 heavy (non-hydrogen) atoms. The molecule has 0 aliphatic carbocycles. The number of benzene rings is 3. The van der Waals surface area contributed by atoms with Crippen molar-refractivity contribution in [3.05, 3.63) is 84.0 Å². The smallest absolute Gasteiger partial charge is 0.0757 e. The first kappa shape index (κ1) is 21.4. The van der Waals surface area contributed by atoms with Crippen molar-refractivity contribution in [2.45, 2.75) is 0 Å². The Kier molecular flexibility index (Phi) is 5.97. The number of rotatable bonds is 5. The third kappa shape index (κ3) is 4.41. The maximum absolute atomic E-state index is 6.11. The van der Waals surface area contributed by atoms with E-state index >= 15 is 0 Å². The highest BCUT2D eigenvalue weighted by atomic mass is 35.5. The number of nitrogens with zero attached hydrogens (tertiary/aromatic N) is 4. The maximum Gasteiger partial charge on any atom is 0.0757 e. The van der Waals surface area contributed by atoms with Crippen molar-refractivity contribution in [1.82, 2.24) is 9.78 Å². The average Bonchev–Trinajstić information content (AvgIpc) is 3.26. The molecule has 0 spiro atoms. The normalized spacial score (nSPS) is 13.9. The van der Waals surface area contributed by atoms with Crippen LogP contribution in [-0.2, 0) is 7.05 Å². The van der Waals surface area contributed by atoms with Gasteiger partial charge >= 0.3 is 0 Å². The van der Waals surface area contributed by atoms with E-state index in [1.54, 1.807) is 0 Å². The van der Waals surface area contributed by atoms with E-state index in [1.165, 1.54) is 16.9 Å². The van der Waals surface area contributed by atoms with Crippen LogP contribution in [0.2, 0.25) is 5.02 Å². The van der Waals surface area contributed by atoms with E-state index in [1.807, 2.05) is 37.1 Å². The molecule has 0 unspecified atom stereocenters. The molecular formula is C27H28ClN5. The van der Waals surface area contributed by atoms with Gasteiger partial charge in [-0.1, -0.05) is 35.9 Å². The van der Waals surface area contributed by atoms with Crippen LogP contribution in [0.1, 0.15) is 0 Å². The zero-order valence-corrected chi connectivity index (χ0v) is 19.8. The summed E-state index contributed by atoms with van der Waals surface area (Å²) in [6, 6.07) is 25.4. The highest BCUT2D eigenvalue weighted by molar-refractivity contribution is 6.30. The first-order valence-electron chi connectivity index (χ1n) is 11.3. The standard InChI is InChI=1S/C27H28ClN5/c1-29-23-10-12-24(13-11-23)32-14-16-33(17-15-32)25-5-3-4-21(18-25)26-19-30-31(2)27(26)20-6-8-22(28)9-7-20/h3-13,18-19,29H,14-17H2,1-2H3. The van der Waals surface area contributed by atoms with E-state index in [4.69, 9.17) is 11.6 Å². The van der Waals surface area contributed by atoms with E-state index < -0.39 is 0 Å². The van der Waals surface area contributed by atoms with Crippen LogP contribution in [0.3, 0.4) is 0 Å². The Bertz CT molecular complexity index is 1220. The fraction of sp³-hybridized carbons (Fsp3) is 0.222. The van der Waals surface area contributed by atoms with Gasteiger partial charge in [0.1, 0.15) is 0 Å². The van der Waals surface area contributed by atoms with E-state index in [0.29, 0.717) is 0 Å². The monoisotopic (exact) mass is 457 g/mol. The molecule has 6 heteroatoms. The Labute approximate surface area is 200 Å². The second kappa shape index (κ2) is 9.20. The Morgan fingerprint density at radius 1 is 0.788 bits per heavy atom. The largest absolute Gasteiger partial charge is 0.388 e. The Hall–Kier alpha value is -3.44. The zero-order valence-electron chi connectivity index (χ0n) is 19.0. The van der Waals surface area contributed by atoms with Crippen molar-refractivity contribution < 1.29 is 0 Å². The van der Waals surface area contributed by atoms with E-state index in [0.717, 1.165) is 53.7 Å². The van der Waals surface area contributed by atoms with Crippen molar-refractivity contribution in [3.63, 3.8) is 0 Å². The van der Waals surface area contributed by atoms with Crippen LogP contribution >= 0.6 is 11.6 Å². The Morgan fingerprint density at radius 3 is 2.12 bits per heavy atom. The molecule has 3 aromatic carbocycles. The van der Waals surface area contributed by atoms with E-state index in [2.05, 4.69) is 80.9 Å². The number of aromatic nitrogens is 2. The molecular weight excluding hydrogens is 430 g/mol. The molecule has 1 aliphatic rings. The molecule has 0 saturated carbocycles. The predicted molar refractivity (Wildman–Crippen MR) is 140 cm³/mol. The summed E-state index contributed by atoms with van der Waals surface area (Å²) in [6.07, 6.45) is 1.95. The summed E-state index contributed by atoms with van der Waals surface area (Å²) in [5.41, 5.74) is 8.19. The minimum atomic E-state index is 0.738. The lowest BCUT2D eigenvalue weighted by Crippen LogP contribution is -2.46. The lowest BCUT2D eigenvalue weighted by molar-refractivity contribution is 0.654. The molecule has 1 fully saturated rings. The number of aryl methyl sites for hydroxylation is 1. The summed E-state index contributed by atoms with van der Waals surface area (Å²) >= 11 is 6.11. The quantitative estimate of drug-likeness (QED) is 0.412.